The van der Waals surface area contributed by atoms with Gasteiger partial charge in [0.1, 0.15) is 6.10 Å². The molecule has 0 saturated carbocycles. The fraction of sp³-hybridized carbons (Fsp3) is 0.750. The van der Waals surface area contributed by atoms with Crippen LogP contribution in [0, 0.1) is 0 Å². The van der Waals surface area contributed by atoms with E-state index in [1.165, 1.54) is 0 Å². The Hall–Kier alpha value is -0.830. The molecule has 3 nitrogen and oxygen atoms in total. The number of ether oxygens (including phenoxy) is 2. The molecule has 0 rings (SSSR count). The Bertz CT molecular complexity index is 199. The van der Waals surface area contributed by atoms with Crippen molar-refractivity contribution in [3.05, 3.63) is 12.2 Å². The van der Waals surface area contributed by atoms with Crippen LogP contribution in [0.5, 0.6) is 0 Å². The second kappa shape index (κ2) is 8.48. The van der Waals surface area contributed by atoms with Crippen LogP contribution in [0.15, 0.2) is 12.2 Å². The van der Waals surface area contributed by atoms with Crippen molar-refractivity contribution in [1.29, 1.82) is 0 Å². The van der Waals surface area contributed by atoms with Crippen LogP contribution >= 0.6 is 0 Å². The van der Waals surface area contributed by atoms with E-state index in [1.807, 2.05) is 6.92 Å². The van der Waals surface area contributed by atoms with E-state index in [-0.39, 0.29) is 12.1 Å². The number of hydrogen-bond donors (Lipinski definition) is 0. The number of carbonyl (C=O) groups excluding carboxylic acids is 1. The molecule has 0 radical (unpaired) electrons. The summed E-state index contributed by atoms with van der Waals surface area (Å²) in [5.74, 6) is -0.323. The van der Waals surface area contributed by atoms with Gasteiger partial charge in [0.15, 0.2) is 0 Å². The lowest BCUT2D eigenvalue weighted by molar-refractivity contribution is -0.144. The van der Waals surface area contributed by atoms with Gasteiger partial charge in [-0.3, -0.25) is 0 Å². The maximum absolute atomic E-state index is 11.1. The SMILES string of the molecule is C=C(C)C(=O)OC(C)CCOCCCC. The van der Waals surface area contributed by atoms with E-state index in [2.05, 4.69) is 13.5 Å². The van der Waals surface area contributed by atoms with Crippen molar-refractivity contribution >= 4 is 5.97 Å². The second-order valence-electron chi connectivity index (χ2n) is 3.75. The van der Waals surface area contributed by atoms with Gasteiger partial charge < -0.3 is 9.47 Å². The molecule has 3 heteroatoms. The molecule has 0 aromatic rings. The van der Waals surface area contributed by atoms with Gasteiger partial charge in [0.25, 0.3) is 0 Å². The molecule has 88 valence electrons. The summed E-state index contributed by atoms with van der Waals surface area (Å²) in [5.41, 5.74) is 0.439. The summed E-state index contributed by atoms with van der Waals surface area (Å²) in [6.45, 7) is 10.6. The average molecular weight is 214 g/mol. The van der Waals surface area contributed by atoms with Crippen LogP contribution < -0.4 is 0 Å². The van der Waals surface area contributed by atoms with Crippen LogP contribution in [-0.2, 0) is 14.3 Å². The fourth-order valence-electron chi connectivity index (χ4n) is 0.940. The summed E-state index contributed by atoms with van der Waals surface area (Å²) < 4.78 is 10.5. The number of rotatable bonds is 8. The number of carbonyl (C=O) groups is 1. The first-order valence-electron chi connectivity index (χ1n) is 5.52. The molecule has 0 bridgehead atoms. The van der Waals surface area contributed by atoms with Crippen molar-refractivity contribution in [2.24, 2.45) is 0 Å². The monoisotopic (exact) mass is 214 g/mol. The van der Waals surface area contributed by atoms with E-state index >= 15 is 0 Å². The number of esters is 1. The molecule has 0 aromatic heterocycles. The first-order valence-corrected chi connectivity index (χ1v) is 5.52. The van der Waals surface area contributed by atoms with Gasteiger partial charge in [-0.2, -0.15) is 0 Å². The summed E-state index contributed by atoms with van der Waals surface area (Å²) in [7, 11) is 0. The lowest BCUT2D eigenvalue weighted by Crippen LogP contribution is -2.17. The van der Waals surface area contributed by atoms with Gasteiger partial charge in [-0.05, 0) is 20.3 Å². The van der Waals surface area contributed by atoms with Crippen molar-refractivity contribution in [3.63, 3.8) is 0 Å². The molecule has 0 heterocycles. The van der Waals surface area contributed by atoms with E-state index in [0.29, 0.717) is 12.2 Å². The van der Waals surface area contributed by atoms with Crippen molar-refractivity contribution in [2.45, 2.75) is 46.1 Å². The Labute approximate surface area is 92.5 Å². The smallest absolute Gasteiger partial charge is 0.333 e. The molecule has 1 atom stereocenters. The number of unbranched alkanes of at least 4 members (excludes halogenated alkanes) is 1. The number of hydrogen-bond acceptors (Lipinski definition) is 3. The quantitative estimate of drug-likeness (QED) is 0.354. The van der Waals surface area contributed by atoms with Crippen molar-refractivity contribution in [2.75, 3.05) is 13.2 Å². The lowest BCUT2D eigenvalue weighted by Gasteiger charge is -2.13. The van der Waals surface area contributed by atoms with Crippen LogP contribution in [0.4, 0.5) is 0 Å². The Morgan fingerprint density at radius 1 is 1.40 bits per heavy atom. The molecule has 0 saturated heterocycles. The van der Waals surface area contributed by atoms with Crippen molar-refractivity contribution in [3.8, 4) is 0 Å². The molecule has 0 aromatic carbocycles. The Balaban J connectivity index is 3.45. The third-order valence-corrected chi connectivity index (χ3v) is 1.97. The largest absolute Gasteiger partial charge is 0.459 e. The molecule has 0 aliphatic carbocycles. The van der Waals surface area contributed by atoms with Gasteiger partial charge in [-0.1, -0.05) is 19.9 Å². The molecule has 0 spiro atoms. The van der Waals surface area contributed by atoms with E-state index < -0.39 is 0 Å². The highest BCUT2D eigenvalue weighted by Gasteiger charge is 2.09. The maximum Gasteiger partial charge on any atom is 0.333 e. The molecular weight excluding hydrogens is 192 g/mol. The van der Waals surface area contributed by atoms with Gasteiger partial charge in [0, 0.05) is 18.6 Å². The average Bonchev–Trinajstić information content (AvgIpc) is 2.17. The third-order valence-electron chi connectivity index (χ3n) is 1.97. The predicted octanol–water partition coefficient (Wildman–Crippen LogP) is 2.70. The van der Waals surface area contributed by atoms with Gasteiger partial charge >= 0.3 is 5.97 Å². The van der Waals surface area contributed by atoms with Crippen LogP contribution in [0.3, 0.4) is 0 Å². The van der Waals surface area contributed by atoms with Crippen molar-refractivity contribution < 1.29 is 14.3 Å². The van der Waals surface area contributed by atoms with Gasteiger partial charge in [-0.15, -0.1) is 0 Å². The molecule has 0 N–H and O–H groups in total. The van der Waals surface area contributed by atoms with Gasteiger partial charge in [0.05, 0.1) is 6.61 Å². The van der Waals surface area contributed by atoms with E-state index in [1.54, 1.807) is 6.92 Å². The minimum absolute atomic E-state index is 0.101. The van der Waals surface area contributed by atoms with Crippen LogP contribution in [0.1, 0.15) is 40.0 Å². The minimum atomic E-state index is -0.323. The zero-order valence-corrected chi connectivity index (χ0v) is 10.0. The van der Waals surface area contributed by atoms with Crippen LogP contribution in [0.25, 0.3) is 0 Å². The molecular formula is C12H22O3. The van der Waals surface area contributed by atoms with E-state index in [9.17, 15) is 4.79 Å². The maximum atomic E-state index is 11.1. The van der Waals surface area contributed by atoms with Crippen molar-refractivity contribution in [1.82, 2.24) is 0 Å². The highest BCUT2D eigenvalue weighted by Crippen LogP contribution is 2.02. The topological polar surface area (TPSA) is 35.5 Å². The normalized spacial score (nSPS) is 12.2. The zero-order valence-electron chi connectivity index (χ0n) is 10.0. The highest BCUT2D eigenvalue weighted by atomic mass is 16.5. The summed E-state index contributed by atoms with van der Waals surface area (Å²) in [4.78, 5) is 11.1. The van der Waals surface area contributed by atoms with Gasteiger partial charge in [0.2, 0.25) is 0 Å². The second-order valence-corrected chi connectivity index (χ2v) is 3.75. The predicted molar refractivity (Wildman–Crippen MR) is 60.7 cm³/mol. The van der Waals surface area contributed by atoms with Gasteiger partial charge in [-0.25, -0.2) is 4.79 Å². The van der Waals surface area contributed by atoms with Crippen LogP contribution in [0.2, 0.25) is 0 Å². The summed E-state index contributed by atoms with van der Waals surface area (Å²) >= 11 is 0. The van der Waals surface area contributed by atoms with E-state index in [0.717, 1.165) is 25.9 Å². The summed E-state index contributed by atoms with van der Waals surface area (Å²) in [6.07, 6.45) is 2.86. The Morgan fingerprint density at radius 2 is 2.07 bits per heavy atom. The molecule has 0 fully saturated rings. The van der Waals surface area contributed by atoms with Crippen LogP contribution in [-0.4, -0.2) is 25.3 Å². The lowest BCUT2D eigenvalue weighted by atomic mass is 10.3. The summed E-state index contributed by atoms with van der Waals surface area (Å²) in [5, 5.41) is 0. The highest BCUT2D eigenvalue weighted by molar-refractivity contribution is 5.87. The Morgan fingerprint density at radius 3 is 2.60 bits per heavy atom. The Kier molecular flexibility index (Phi) is 8.01. The molecule has 0 amide bonds. The zero-order chi connectivity index (χ0) is 11.7. The fourth-order valence-corrected chi connectivity index (χ4v) is 0.940. The molecule has 1 unspecified atom stereocenters. The molecule has 0 aliphatic heterocycles. The first kappa shape index (κ1) is 14.2. The third kappa shape index (κ3) is 8.18. The summed E-state index contributed by atoms with van der Waals surface area (Å²) in [6, 6.07) is 0. The first-order chi connectivity index (χ1) is 7.07. The molecule has 15 heavy (non-hydrogen) atoms. The minimum Gasteiger partial charge on any atom is -0.459 e. The molecule has 0 aliphatic rings. The standard InChI is InChI=1S/C12H22O3/c1-5-6-8-14-9-7-11(4)15-12(13)10(2)3/h11H,2,5-9H2,1,3-4H3. The van der Waals surface area contributed by atoms with E-state index in [4.69, 9.17) is 9.47 Å².